The lowest BCUT2D eigenvalue weighted by molar-refractivity contribution is -0.188. The van der Waals surface area contributed by atoms with Gasteiger partial charge in [0.2, 0.25) is 0 Å². The van der Waals surface area contributed by atoms with Gasteiger partial charge in [-0.15, -0.1) is 0 Å². The van der Waals surface area contributed by atoms with E-state index in [4.69, 9.17) is 9.47 Å². The van der Waals surface area contributed by atoms with E-state index in [1.54, 1.807) is 0 Å². The molecule has 3 heteroatoms. The Morgan fingerprint density at radius 1 is 1.18 bits per heavy atom. The average molecular weight is 303 g/mol. The average Bonchev–Trinajstić information content (AvgIpc) is 2.96. The maximum atomic E-state index is 6.27. The Kier molecular flexibility index (Phi) is 5.51. The summed E-state index contributed by atoms with van der Waals surface area (Å²) in [5, 5.41) is 3.48. The highest BCUT2D eigenvalue weighted by Crippen LogP contribution is 2.43. The zero-order valence-corrected chi connectivity index (χ0v) is 13.7. The van der Waals surface area contributed by atoms with Gasteiger partial charge in [-0.2, -0.15) is 0 Å². The standard InChI is InChI=1S/C19H29NO2/c1-2-3-13-20-14-18-15-21-19(22-18)11-9-17(10-12-19)16-7-5-4-6-8-16/h4-8,17-18,20H,2-3,9-15H2,1H3. The second kappa shape index (κ2) is 7.58. The smallest absolute Gasteiger partial charge is 0.169 e. The van der Waals surface area contributed by atoms with Crippen molar-refractivity contribution in [3.63, 3.8) is 0 Å². The van der Waals surface area contributed by atoms with Crippen LogP contribution in [0, 0.1) is 0 Å². The molecule has 1 aliphatic carbocycles. The minimum atomic E-state index is -0.289. The second-order valence-electron chi connectivity index (χ2n) is 6.70. The van der Waals surface area contributed by atoms with E-state index >= 15 is 0 Å². The normalized spacial score (nSPS) is 31.7. The summed E-state index contributed by atoms with van der Waals surface area (Å²) in [6.07, 6.45) is 7.08. The Morgan fingerprint density at radius 2 is 1.95 bits per heavy atom. The van der Waals surface area contributed by atoms with Gasteiger partial charge in [0, 0.05) is 19.4 Å². The maximum Gasteiger partial charge on any atom is 0.169 e. The van der Waals surface area contributed by atoms with Crippen molar-refractivity contribution in [2.45, 2.75) is 63.3 Å². The van der Waals surface area contributed by atoms with E-state index in [0.717, 1.165) is 32.5 Å². The van der Waals surface area contributed by atoms with Crippen molar-refractivity contribution in [1.29, 1.82) is 0 Å². The Hall–Kier alpha value is -0.900. The van der Waals surface area contributed by atoms with Crippen LogP contribution in [0.3, 0.4) is 0 Å². The molecule has 2 fully saturated rings. The SMILES string of the molecule is CCCCNCC1COC2(CCC(c3ccccc3)CC2)O1. The molecule has 1 saturated heterocycles. The van der Waals surface area contributed by atoms with Crippen LogP contribution in [0.4, 0.5) is 0 Å². The van der Waals surface area contributed by atoms with E-state index in [2.05, 4.69) is 42.6 Å². The van der Waals surface area contributed by atoms with Gasteiger partial charge in [0.1, 0.15) is 0 Å². The zero-order chi connectivity index (χ0) is 15.3. The van der Waals surface area contributed by atoms with Crippen molar-refractivity contribution >= 4 is 0 Å². The van der Waals surface area contributed by atoms with Gasteiger partial charge < -0.3 is 14.8 Å². The zero-order valence-electron chi connectivity index (χ0n) is 13.7. The Bertz CT molecular complexity index is 440. The van der Waals surface area contributed by atoms with Gasteiger partial charge in [-0.1, -0.05) is 43.7 Å². The lowest BCUT2D eigenvalue weighted by Gasteiger charge is -2.36. The number of rotatable bonds is 6. The van der Waals surface area contributed by atoms with Crippen molar-refractivity contribution in [2.24, 2.45) is 0 Å². The first-order valence-corrected chi connectivity index (χ1v) is 8.89. The van der Waals surface area contributed by atoms with Crippen LogP contribution in [0.1, 0.15) is 56.9 Å². The number of benzene rings is 1. The van der Waals surface area contributed by atoms with Gasteiger partial charge in [-0.05, 0) is 37.3 Å². The Labute approximate surface area is 134 Å². The highest BCUT2D eigenvalue weighted by atomic mass is 16.7. The molecule has 1 aliphatic heterocycles. The fraction of sp³-hybridized carbons (Fsp3) is 0.684. The van der Waals surface area contributed by atoms with E-state index < -0.39 is 0 Å². The van der Waals surface area contributed by atoms with E-state index in [1.165, 1.54) is 31.2 Å². The molecular weight excluding hydrogens is 274 g/mol. The first kappa shape index (κ1) is 16.0. The number of hydrogen-bond acceptors (Lipinski definition) is 3. The molecule has 122 valence electrons. The topological polar surface area (TPSA) is 30.5 Å². The van der Waals surface area contributed by atoms with Crippen molar-refractivity contribution in [1.82, 2.24) is 5.32 Å². The molecule has 1 unspecified atom stereocenters. The summed E-state index contributed by atoms with van der Waals surface area (Å²) in [5.74, 6) is 0.378. The summed E-state index contributed by atoms with van der Waals surface area (Å²) in [6, 6.07) is 10.9. The summed E-state index contributed by atoms with van der Waals surface area (Å²) in [7, 11) is 0. The first-order chi connectivity index (χ1) is 10.8. The van der Waals surface area contributed by atoms with Gasteiger partial charge in [0.25, 0.3) is 0 Å². The number of hydrogen-bond donors (Lipinski definition) is 1. The quantitative estimate of drug-likeness (QED) is 0.810. The number of ether oxygens (including phenoxy) is 2. The summed E-state index contributed by atoms with van der Waals surface area (Å²) in [4.78, 5) is 0. The molecule has 1 aromatic rings. The molecule has 22 heavy (non-hydrogen) atoms. The first-order valence-electron chi connectivity index (χ1n) is 8.89. The van der Waals surface area contributed by atoms with Crippen LogP contribution >= 0.6 is 0 Å². The van der Waals surface area contributed by atoms with E-state index in [-0.39, 0.29) is 11.9 Å². The van der Waals surface area contributed by atoms with Crippen LogP contribution < -0.4 is 5.32 Å². The molecule has 0 radical (unpaired) electrons. The van der Waals surface area contributed by atoms with Crippen LogP contribution in [0.5, 0.6) is 0 Å². The highest BCUT2D eigenvalue weighted by Gasteiger charge is 2.44. The third-order valence-corrected chi connectivity index (χ3v) is 5.01. The largest absolute Gasteiger partial charge is 0.347 e. The Morgan fingerprint density at radius 3 is 2.68 bits per heavy atom. The molecule has 3 rings (SSSR count). The maximum absolute atomic E-state index is 6.27. The summed E-state index contributed by atoms with van der Waals surface area (Å²) in [5.41, 5.74) is 1.47. The number of nitrogens with one attached hydrogen (secondary N) is 1. The molecule has 1 heterocycles. The van der Waals surface area contributed by atoms with Crippen molar-refractivity contribution < 1.29 is 9.47 Å². The fourth-order valence-electron chi connectivity index (χ4n) is 3.66. The molecule has 0 aromatic heterocycles. The summed E-state index contributed by atoms with van der Waals surface area (Å²) >= 11 is 0. The van der Waals surface area contributed by atoms with Crippen LogP contribution in [0.2, 0.25) is 0 Å². The summed E-state index contributed by atoms with van der Waals surface area (Å²) < 4.78 is 12.3. The minimum Gasteiger partial charge on any atom is -0.347 e. The molecule has 1 N–H and O–H groups in total. The minimum absolute atomic E-state index is 0.227. The second-order valence-corrected chi connectivity index (χ2v) is 6.70. The molecular formula is C19H29NO2. The lowest BCUT2D eigenvalue weighted by Crippen LogP contribution is -2.37. The van der Waals surface area contributed by atoms with E-state index in [1.807, 2.05) is 0 Å². The molecule has 1 spiro atoms. The van der Waals surface area contributed by atoms with Crippen LogP contribution in [-0.2, 0) is 9.47 Å². The van der Waals surface area contributed by atoms with E-state index in [0.29, 0.717) is 5.92 Å². The van der Waals surface area contributed by atoms with Gasteiger partial charge >= 0.3 is 0 Å². The Balaban J connectivity index is 1.45. The predicted octanol–water partition coefficient (Wildman–Crippen LogP) is 3.85. The van der Waals surface area contributed by atoms with Crippen molar-refractivity contribution in [3.05, 3.63) is 35.9 Å². The highest BCUT2D eigenvalue weighted by molar-refractivity contribution is 5.20. The third kappa shape index (κ3) is 3.89. The van der Waals surface area contributed by atoms with Gasteiger partial charge in [0.15, 0.2) is 5.79 Å². The monoisotopic (exact) mass is 303 g/mol. The molecule has 1 saturated carbocycles. The molecule has 1 aromatic carbocycles. The molecule has 0 bridgehead atoms. The van der Waals surface area contributed by atoms with Crippen LogP contribution in [0.15, 0.2) is 30.3 Å². The van der Waals surface area contributed by atoms with Crippen molar-refractivity contribution in [3.8, 4) is 0 Å². The van der Waals surface area contributed by atoms with Gasteiger partial charge in [0.05, 0.1) is 12.7 Å². The third-order valence-electron chi connectivity index (χ3n) is 5.01. The lowest BCUT2D eigenvalue weighted by atomic mass is 9.81. The van der Waals surface area contributed by atoms with Gasteiger partial charge in [-0.25, -0.2) is 0 Å². The molecule has 1 atom stereocenters. The van der Waals surface area contributed by atoms with Gasteiger partial charge in [-0.3, -0.25) is 0 Å². The number of unbranched alkanes of at least 4 members (excludes halogenated alkanes) is 1. The molecule has 2 aliphatic rings. The predicted molar refractivity (Wildman–Crippen MR) is 89.0 cm³/mol. The molecule has 3 nitrogen and oxygen atoms in total. The van der Waals surface area contributed by atoms with E-state index in [9.17, 15) is 0 Å². The van der Waals surface area contributed by atoms with Crippen LogP contribution in [0.25, 0.3) is 0 Å². The fourth-order valence-corrected chi connectivity index (χ4v) is 3.66. The molecule has 0 amide bonds. The van der Waals surface area contributed by atoms with Crippen LogP contribution in [-0.4, -0.2) is 31.6 Å². The summed E-state index contributed by atoms with van der Waals surface area (Å²) in [6.45, 7) is 4.97. The van der Waals surface area contributed by atoms with Crippen molar-refractivity contribution in [2.75, 3.05) is 19.7 Å².